The lowest BCUT2D eigenvalue weighted by molar-refractivity contribution is -0.281. The number of hydrogen-bond acceptors (Lipinski definition) is 5. The molecular weight excluding hydrogens is 238 g/mol. The molecule has 0 bridgehead atoms. The van der Waals surface area contributed by atoms with Crippen LogP contribution in [0.5, 0.6) is 0 Å². The largest absolute Gasteiger partial charge is 0.465 e. The molecule has 0 radical (unpaired) electrons. The monoisotopic (exact) mass is 257 g/mol. The number of esters is 1. The smallest absolute Gasteiger partial charge is 0.316 e. The molecule has 0 aromatic heterocycles. The summed E-state index contributed by atoms with van der Waals surface area (Å²) in [4.78, 5) is 14.5. The molecule has 7 nitrogen and oxygen atoms in total. The SMILES string of the molecule is CC1(C)OCC(C)(C(=O)OCCCN=[N+]=[N-])CO1. The van der Waals surface area contributed by atoms with E-state index in [4.69, 9.17) is 19.7 Å². The number of ether oxygens (including phenoxy) is 3. The summed E-state index contributed by atoms with van der Waals surface area (Å²) in [5.41, 5.74) is 7.32. The van der Waals surface area contributed by atoms with Gasteiger partial charge in [0.05, 0.1) is 19.8 Å². The first kappa shape index (κ1) is 14.8. The Hall–Kier alpha value is -1.30. The summed E-state index contributed by atoms with van der Waals surface area (Å²) in [5.74, 6) is -1.000. The average Bonchev–Trinajstić information content (AvgIpc) is 2.33. The van der Waals surface area contributed by atoms with Gasteiger partial charge in [0.15, 0.2) is 5.79 Å². The van der Waals surface area contributed by atoms with Crippen molar-refractivity contribution in [2.24, 2.45) is 10.5 Å². The van der Waals surface area contributed by atoms with Crippen molar-refractivity contribution < 1.29 is 19.0 Å². The number of azide groups is 1. The fourth-order valence-corrected chi connectivity index (χ4v) is 1.39. The first-order valence-electron chi connectivity index (χ1n) is 5.86. The van der Waals surface area contributed by atoms with E-state index in [0.717, 1.165) is 0 Å². The molecular formula is C11H19N3O4. The Morgan fingerprint density at radius 1 is 1.39 bits per heavy atom. The standard InChI is InChI=1S/C11H19N3O4/c1-10(2)17-7-11(3,8-18-10)9(15)16-6-4-5-13-14-12/h4-8H2,1-3H3. The van der Waals surface area contributed by atoms with Gasteiger partial charge in [0.2, 0.25) is 0 Å². The van der Waals surface area contributed by atoms with Crippen molar-refractivity contribution in [1.29, 1.82) is 0 Å². The normalized spacial score (nSPS) is 20.8. The Bertz CT molecular complexity index is 340. The lowest BCUT2D eigenvalue weighted by atomic mass is 9.92. The quantitative estimate of drug-likeness (QED) is 0.247. The molecule has 1 aliphatic heterocycles. The van der Waals surface area contributed by atoms with Crippen LogP contribution in [0.25, 0.3) is 10.4 Å². The van der Waals surface area contributed by atoms with Gasteiger partial charge in [-0.1, -0.05) is 5.11 Å². The lowest BCUT2D eigenvalue weighted by Crippen LogP contribution is -2.49. The maximum Gasteiger partial charge on any atom is 0.316 e. The molecule has 0 saturated carbocycles. The molecule has 18 heavy (non-hydrogen) atoms. The van der Waals surface area contributed by atoms with Gasteiger partial charge in [0.25, 0.3) is 0 Å². The summed E-state index contributed by atoms with van der Waals surface area (Å²) in [6.45, 7) is 6.45. The van der Waals surface area contributed by atoms with Crippen LogP contribution in [0.4, 0.5) is 0 Å². The number of hydrogen-bond donors (Lipinski definition) is 0. The van der Waals surface area contributed by atoms with E-state index < -0.39 is 11.2 Å². The first-order valence-corrected chi connectivity index (χ1v) is 5.86. The molecule has 7 heteroatoms. The van der Waals surface area contributed by atoms with E-state index in [-0.39, 0.29) is 25.8 Å². The van der Waals surface area contributed by atoms with E-state index in [0.29, 0.717) is 13.0 Å². The van der Waals surface area contributed by atoms with E-state index in [1.807, 2.05) is 0 Å². The highest BCUT2D eigenvalue weighted by Crippen LogP contribution is 2.30. The fourth-order valence-electron chi connectivity index (χ4n) is 1.39. The zero-order valence-electron chi connectivity index (χ0n) is 11.0. The summed E-state index contributed by atoms with van der Waals surface area (Å²) in [6, 6.07) is 0. The molecule has 0 spiro atoms. The summed E-state index contributed by atoms with van der Waals surface area (Å²) in [7, 11) is 0. The molecule has 0 aromatic rings. The molecule has 1 saturated heterocycles. The van der Waals surface area contributed by atoms with E-state index >= 15 is 0 Å². The second kappa shape index (κ2) is 6.04. The van der Waals surface area contributed by atoms with Gasteiger partial charge in [-0.25, -0.2) is 0 Å². The molecule has 0 aliphatic carbocycles. The molecule has 1 heterocycles. The molecule has 0 atom stereocenters. The van der Waals surface area contributed by atoms with Crippen LogP contribution in [-0.4, -0.2) is 38.1 Å². The Morgan fingerprint density at radius 3 is 2.56 bits per heavy atom. The van der Waals surface area contributed by atoms with Crippen LogP contribution in [0.15, 0.2) is 5.11 Å². The second-order valence-electron chi connectivity index (χ2n) is 4.98. The van der Waals surface area contributed by atoms with E-state index in [1.165, 1.54) is 0 Å². The predicted molar refractivity (Wildman–Crippen MR) is 63.7 cm³/mol. The van der Waals surface area contributed by atoms with Crippen molar-refractivity contribution in [3.05, 3.63) is 10.4 Å². The van der Waals surface area contributed by atoms with Crippen molar-refractivity contribution in [1.82, 2.24) is 0 Å². The molecule has 0 unspecified atom stereocenters. The Kier molecular flexibility index (Phi) is 4.95. The minimum atomic E-state index is -0.770. The predicted octanol–water partition coefficient (Wildman–Crippen LogP) is 2.02. The zero-order chi connectivity index (χ0) is 13.6. The summed E-state index contributed by atoms with van der Waals surface area (Å²) in [5, 5.41) is 3.36. The van der Waals surface area contributed by atoms with E-state index in [2.05, 4.69) is 10.0 Å². The van der Waals surface area contributed by atoms with Crippen molar-refractivity contribution in [2.45, 2.75) is 33.0 Å². The van der Waals surface area contributed by atoms with Gasteiger partial charge in [-0.05, 0) is 32.7 Å². The van der Waals surface area contributed by atoms with Gasteiger partial charge < -0.3 is 14.2 Å². The highest BCUT2D eigenvalue weighted by molar-refractivity contribution is 5.76. The van der Waals surface area contributed by atoms with E-state index in [1.54, 1.807) is 20.8 Å². The number of rotatable bonds is 5. The summed E-state index contributed by atoms with van der Waals surface area (Å²) >= 11 is 0. The molecule has 1 fully saturated rings. The molecule has 1 aliphatic rings. The van der Waals surface area contributed by atoms with Gasteiger partial charge in [0.1, 0.15) is 5.41 Å². The van der Waals surface area contributed by atoms with Gasteiger partial charge in [-0.3, -0.25) is 4.79 Å². The zero-order valence-corrected chi connectivity index (χ0v) is 11.0. The third-order valence-corrected chi connectivity index (χ3v) is 2.67. The molecule has 1 rings (SSSR count). The van der Waals surface area contributed by atoms with Gasteiger partial charge in [-0.2, -0.15) is 0 Å². The highest BCUT2D eigenvalue weighted by Gasteiger charge is 2.43. The fraction of sp³-hybridized carbons (Fsp3) is 0.909. The Morgan fingerprint density at radius 2 is 2.00 bits per heavy atom. The minimum absolute atomic E-state index is 0.233. The van der Waals surface area contributed by atoms with Crippen LogP contribution in [-0.2, 0) is 19.0 Å². The number of nitrogens with zero attached hydrogens (tertiary/aromatic N) is 3. The third-order valence-electron chi connectivity index (χ3n) is 2.67. The van der Waals surface area contributed by atoms with Crippen LogP contribution in [0.3, 0.4) is 0 Å². The van der Waals surface area contributed by atoms with Crippen molar-refractivity contribution in [3.8, 4) is 0 Å². The lowest BCUT2D eigenvalue weighted by Gasteiger charge is -2.39. The van der Waals surface area contributed by atoms with Crippen LogP contribution < -0.4 is 0 Å². The summed E-state index contributed by atoms with van der Waals surface area (Å²) < 4.78 is 16.0. The molecule has 0 aromatic carbocycles. The topological polar surface area (TPSA) is 93.5 Å². The highest BCUT2D eigenvalue weighted by atomic mass is 16.7. The second-order valence-corrected chi connectivity index (χ2v) is 4.98. The Labute approximate surface area is 106 Å². The third kappa shape index (κ3) is 4.18. The molecule has 0 amide bonds. The average molecular weight is 257 g/mol. The maximum absolute atomic E-state index is 11.9. The van der Waals surface area contributed by atoms with Crippen LogP contribution >= 0.6 is 0 Å². The maximum atomic E-state index is 11.9. The number of carbonyl (C=O) groups is 1. The van der Waals surface area contributed by atoms with Crippen molar-refractivity contribution >= 4 is 5.97 Å². The van der Waals surface area contributed by atoms with Crippen LogP contribution in [0.1, 0.15) is 27.2 Å². The van der Waals surface area contributed by atoms with Crippen molar-refractivity contribution in [3.63, 3.8) is 0 Å². The minimum Gasteiger partial charge on any atom is -0.465 e. The van der Waals surface area contributed by atoms with Crippen LogP contribution in [0.2, 0.25) is 0 Å². The molecule has 0 N–H and O–H groups in total. The van der Waals surface area contributed by atoms with Gasteiger partial charge in [-0.15, -0.1) is 0 Å². The van der Waals surface area contributed by atoms with Gasteiger partial charge >= 0.3 is 5.97 Å². The first-order chi connectivity index (χ1) is 8.40. The molecule has 102 valence electrons. The number of carbonyl (C=O) groups excluding carboxylic acids is 1. The Balaban J connectivity index is 2.35. The van der Waals surface area contributed by atoms with Crippen LogP contribution in [0, 0.1) is 5.41 Å². The van der Waals surface area contributed by atoms with E-state index in [9.17, 15) is 4.79 Å². The van der Waals surface area contributed by atoms with Gasteiger partial charge in [0, 0.05) is 11.5 Å². The summed E-state index contributed by atoms with van der Waals surface area (Å²) in [6.07, 6.45) is 0.513. The van der Waals surface area contributed by atoms with Crippen molar-refractivity contribution in [2.75, 3.05) is 26.4 Å².